The van der Waals surface area contributed by atoms with E-state index in [1.165, 1.54) is 11.8 Å². The SMILES string of the molecule is O=C(CSc1nnc(-c2ccc(Cl)cc2Cl)n1-c1ccccc1)NCc1ccco1. The molecule has 0 atom stereocenters. The first-order chi connectivity index (χ1) is 14.6. The summed E-state index contributed by atoms with van der Waals surface area (Å²) in [6.07, 6.45) is 1.57. The molecule has 2 aromatic heterocycles. The van der Waals surface area contributed by atoms with E-state index in [-0.39, 0.29) is 11.7 Å². The van der Waals surface area contributed by atoms with Gasteiger partial charge in [-0.25, -0.2) is 0 Å². The van der Waals surface area contributed by atoms with Gasteiger partial charge in [0.15, 0.2) is 11.0 Å². The standard InChI is InChI=1S/C21H16Cl2N4O2S/c22-14-8-9-17(18(23)11-14)20-25-26-21(27(20)15-5-2-1-3-6-15)30-13-19(28)24-12-16-7-4-10-29-16/h1-11H,12-13H2,(H,24,28). The first-order valence-corrected chi connectivity index (χ1v) is 10.7. The molecule has 2 aromatic carbocycles. The van der Waals surface area contributed by atoms with E-state index in [9.17, 15) is 4.79 Å². The van der Waals surface area contributed by atoms with Crippen LogP contribution in [0.25, 0.3) is 17.1 Å². The summed E-state index contributed by atoms with van der Waals surface area (Å²) in [6.45, 7) is 0.337. The molecule has 0 fully saturated rings. The maximum absolute atomic E-state index is 12.3. The van der Waals surface area contributed by atoms with Crippen molar-refractivity contribution in [1.82, 2.24) is 20.1 Å². The Kier molecular flexibility index (Phi) is 6.42. The number of carbonyl (C=O) groups excluding carboxylic acids is 1. The van der Waals surface area contributed by atoms with Gasteiger partial charge in [0.2, 0.25) is 5.91 Å². The minimum Gasteiger partial charge on any atom is -0.467 e. The van der Waals surface area contributed by atoms with Crippen LogP contribution in [0.5, 0.6) is 0 Å². The molecule has 1 N–H and O–H groups in total. The maximum Gasteiger partial charge on any atom is 0.230 e. The lowest BCUT2D eigenvalue weighted by molar-refractivity contribution is -0.118. The number of amides is 1. The van der Waals surface area contributed by atoms with Crippen molar-refractivity contribution in [2.24, 2.45) is 0 Å². The molecule has 0 unspecified atom stereocenters. The van der Waals surface area contributed by atoms with Gasteiger partial charge in [0.1, 0.15) is 5.76 Å². The summed E-state index contributed by atoms with van der Waals surface area (Å²) < 4.78 is 7.10. The third-order valence-electron chi connectivity index (χ3n) is 4.19. The minimum atomic E-state index is -0.134. The summed E-state index contributed by atoms with van der Waals surface area (Å²) >= 11 is 13.7. The zero-order valence-corrected chi connectivity index (χ0v) is 17.9. The number of para-hydroxylation sites is 1. The summed E-state index contributed by atoms with van der Waals surface area (Å²) in [5, 5.41) is 13.0. The largest absolute Gasteiger partial charge is 0.467 e. The van der Waals surface area contributed by atoms with E-state index in [0.29, 0.717) is 38.9 Å². The van der Waals surface area contributed by atoms with E-state index in [4.69, 9.17) is 27.6 Å². The lowest BCUT2D eigenvalue weighted by Gasteiger charge is -2.11. The molecule has 6 nitrogen and oxygen atoms in total. The highest BCUT2D eigenvalue weighted by molar-refractivity contribution is 7.99. The molecule has 1 amide bonds. The van der Waals surface area contributed by atoms with Gasteiger partial charge in [-0.15, -0.1) is 10.2 Å². The predicted octanol–water partition coefficient (Wildman–Crippen LogP) is 5.24. The smallest absolute Gasteiger partial charge is 0.230 e. The zero-order valence-electron chi connectivity index (χ0n) is 15.6. The van der Waals surface area contributed by atoms with Crippen LogP contribution in [0.1, 0.15) is 5.76 Å². The van der Waals surface area contributed by atoms with Gasteiger partial charge in [0.25, 0.3) is 0 Å². The summed E-state index contributed by atoms with van der Waals surface area (Å²) in [5.74, 6) is 1.31. The number of benzene rings is 2. The lowest BCUT2D eigenvalue weighted by atomic mass is 10.2. The number of hydrogen-bond donors (Lipinski definition) is 1. The van der Waals surface area contributed by atoms with Crippen LogP contribution in [-0.4, -0.2) is 26.4 Å². The van der Waals surface area contributed by atoms with Crippen LogP contribution in [-0.2, 0) is 11.3 Å². The molecule has 2 heterocycles. The number of nitrogens with zero attached hydrogens (tertiary/aromatic N) is 3. The molecule has 0 bridgehead atoms. The molecule has 4 rings (SSSR count). The van der Waals surface area contributed by atoms with Gasteiger partial charge in [0.05, 0.1) is 23.6 Å². The maximum atomic E-state index is 12.3. The van der Waals surface area contributed by atoms with Gasteiger partial charge in [-0.2, -0.15) is 0 Å². The van der Waals surface area contributed by atoms with Crippen LogP contribution in [0.3, 0.4) is 0 Å². The second kappa shape index (κ2) is 9.38. The first-order valence-electron chi connectivity index (χ1n) is 9.00. The van der Waals surface area contributed by atoms with Gasteiger partial charge in [-0.3, -0.25) is 9.36 Å². The number of nitrogens with one attached hydrogen (secondary N) is 1. The van der Waals surface area contributed by atoms with E-state index < -0.39 is 0 Å². The highest BCUT2D eigenvalue weighted by atomic mass is 35.5. The van der Waals surface area contributed by atoms with E-state index >= 15 is 0 Å². The number of carbonyl (C=O) groups is 1. The highest BCUT2D eigenvalue weighted by Crippen LogP contribution is 2.33. The molecule has 0 saturated heterocycles. The van der Waals surface area contributed by atoms with E-state index in [0.717, 1.165) is 5.69 Å². The Morgan fingerprint density at radius 2 is 1.90 bits per heavy atom. The molecule has 0 aliphatic carbocycles. The van der Waals surface area contributed by atoms with Crippen LogP contribution in [0.4, 0.5) is 0 Å². The second-order valence-corrected chi connectivity index (χ2v) is 8.03. The van der Waals surface area contributed by atoms with Gasteiger partial charge >= 0.3 is 0 Å². The molecular weight excluding hydrogens is 443 g/mol. The monoisotopic (exact) mass is 458 g/mol. The van der Waals surface area contributed by atoms with Crippen molar-refractivity contribution in [3.05, 3.63) is 82.7 Å². The minimum absolute atomic E-state index is 0.134. The Labute approximate surface area is 187 Å². The lowest BCUT2D eigenvalue weighted by Crippen LogP contribution is -2.24. The molecule has 152 valence electrons. The number of hydrogen-bond acceptors (Lipinski definition) is 5. The average Bonchev–Trinajstić information content (AvgIpc) is 3.41. The molecule has 0 spiro atoms. The highest BCUT2D eigenvalue weighted by Gasteiger charge is 2.19. The van der Waals surface area contributed by atoms with Gasteiger partial charge < -0.3 is 9.73 Å². The summed E-state index contributed by atoms with van der Waals surface area (Å²) in [7, 11) is 0. The zero-order chi connectivity index (χ0) is 20.9. The van der Waals surface area contributed by atoms with Crippen LogP contribution in [0, 0.1) is 0 Å². The fourth-order valence-electron chi connectivity index (χ4n) is 2.80. The molecule has 9 heteroatoms. The first kappa shape index (κ1) is 20.5. The van der Waals surface area contributed by atoms with Crippen molar-refractivity contribution < 1.29 is 9.21 Å². The van der Waals surface area contributed by atoms with Crippen molar-refractivity contribution in [2.45, 2.75) is 11.7 Å². The molecule has 0 aliphatic rings. The molecule has 4 aromatic rings. The van der Waals surface area contributed by atoms with Crippen molar-refractivity contribution in [2.75, 3.05) is 5.75 Å². The Balaban J connectivity index is 1.58. The normalized spacial score (nSPS) is 10.9. The van der Waals surface area contributed by atoms with Crippen LogP contribution in [0.15, 0.2) is 76.5 Å². The van der Waals surface area contributed by atoms with E-state index in [1.807, 2.05) is 41.0 Å². The summed E-state index contributed by atoms with van der Waals surface area (Å²) in [4.78, 5) is 12.3. The van der Waals surface area contributed by atoms with E-state index in [1.54, 1.807) is 30.5 Å². The van der Waals surface area contributed by atoms with Crippen LogP contribution in [0.2, 0.25) is 10.0 Å². The third-order valence-corrected chi connectivity index (χ3v) is 5.67. The van der Waals surface area contributed by atoms with Gasteiger partial charge in [-0.05, 0) is 42.5 Å². The van der Waals surface area contributed by atoms with Crippen molar-refractivity contribution >= 4 is 40.9 Å². The Morgan fingerprint density at radius 1 is 1.07 bits per heavy atom. The average molecular weight is 459 g/mol. The fourth-order valence-corrected chi connectivity index (χ4v) is 4.07. The third kappa shape index (κ3) is 4.70. The van der Waals surface area contributed by atoms with Crippen LogP contribution >= 0.6 is 35.0 Å². The number of rotatable bonds is 7. The van der Waals surface area contributed by atoms with Crippen LogP contribution < -0.4 is 5.32 Å². The quantitative estimate of drug-likeness (QED) is 0.383. The van der Waals surface area contributed by atoms with E-state index in [2.05, 4.69) is 15.5 Å². The summed E-state index contributed by atoms with van der Waals surface area (Å²) in [5.41, 5.74) is 1.56. The molecular formula is C21H16Cl2N4O2S. The molecule has 30 heavy (non-hydrogen) atoms. The molecule has 0 saturated carbocycles. The van der Waals surface area contributed by atoms with Crippen molar-refractivity contribution in [3.8, 4) is 17.1 Å². The number of furan rings is 1. The molecule has 0 radical (unpaired) electrons. The van der Waals surface area contributed by atoms with Crippen molar-refractivity contribution in [3.63, 3.8) is 0 Å². The number of aromatic nitrogens is 3. The number of thioether (sulfide) groups is 1. The van der Waals surface area contributed by atoms with Gasteiger partial charge in [0, 0.05) is 16.3 Å². The Bertz CT molecular complexity index is 1150. The fraction of sp³-hybridized carbons (Fsp3) is 0.0952. The van der Waals surface area contributed by atoms with Crippen molar-refractivity contribution in [1.29, 1.82) is 0 Å². The van der Waals surface area contributed by atoms with Gasteiger partial charge in [-0.1, -0.05) is 53.2 Å². The summed E-state index contributed by atoms with van der Waals surface area (Å²) in [6, 6.07) is 18.5. The predicted molar refractivity (Wildman–Crippen MR) is 118 cm³/mol. The Morgan fingerprint density at radius 3 is 2.63 bits per heavy atom. The second-order valence-electron chi connectivity index (χ2n) is 6.25. The Hall–Kier alpha value is -2.74. The number of halogens is 2. The topological polar surface area (TPSA) is 73.0 Å². The molecule has 0 aliphatic heterocycles.